The van der Waals surface area contributed by atoms with E-state index in [1.165, 1.54) is 5.56 Å². The van der Waals surface area contributed by atoms with Crippen LogP contribution in [0.5, 0.6) is 0 Å². The summed E-state index contributed by atoms with van der Waals surface area (Å²) in [5.41, 5.74) is 4.95. The summed E-state index contributed by atoms with van der Waals surface area (Å²) >= 11 is 0. The number of nitrogens with zero attached hydrogens (tertiary/aromatic N) is 1. The van der Waals surface area contributed by atoms with E-state index in [9.17, 15) is 4.79 Å². The lowest BCUT2D eigenvalue weighted by molar-refractivity contribution is -0.122. The van der Waals surface area contributed by atoms with Crippen molar-refractivity contribution in [1.29, 1.82) is 0 Å². The maximum atomic E-state index is 12.0. The van der Waals surface area contributed by atoms with E-state index < -0.39 is 0 Å². The van der Waals surface area contributed by atoms with Gasteiger partial charge in [-0.25, -0.2) is 5.43 Å². The summed E-state index contributed by atoms with van der Waals surface area (Å²) in [5.74, 6) is 0.395. The molecular formula is C19H18N2O. The number of allylic oxidation sites excluding steroid dienone is 1. The molecular weight excluding hydrogens is 272 g/mol. The number of benzene rings is 2. The van der Waals surface area contributed by atoms with Crippen molar-refractivity contribution >= 4 is 18.2 Å². The van der Waals surface area contributed by atoms with Gasteiger partial charge in [-0.1, -0.05) is 66.7 Å². The fraction of sp³-hybridized carbons (Fsp3) is 0.158. The van der Waals surface area contributed by atoms with Gasteiger partial charge in [-0.15, -0.1) is 0 Å². The van der Waals surface area contributed by atoms with Crippen molar-refractivity contribution in [3.05, 3.63) is 77.9 Å². The highest BCUT2D eigenvalue weighted by atomic mass is 16.2. The molecule has 0 aromatic heterocycles. The highest BCUT2D eigenvalue weighted by Gasteiger charge is 2.43. The Kier molecular flexibility index (Phi) is 4.44. The lowest BCUT2D eigenvalue weighted by atomic mass is 10.1. The van der Waals surface area contributed by atoms with Gasteiger partial charge in [0.15, 0.2) is 0 Å². The Morgan fingerprint density at radius 3 is 2.45 bits per heavy atom. The van der Waals surface area contributed by atoms with Gasteiger partial charge in [-0.05, 0) is 29.5 Å². The molecule has 0 saturated heterocycles. The molecule has 3 heteroatoms. The molecule has 110 valence electrons. The van der Waals surface area contributed by atoms with Crippen molar-refractivity contribution in [2.24, 2.45) is 11.0 Å². The average molecular weight is 290 g/mol. The molecule has 1 aliphatic carbocycles. The zero-order valence-corrected chi connectivity index (χ0v) is 12.2. The first-order chi connectivity index (χ1) is 10.8. The first-order valence-electron chi connectivity index (χ1n) is 7.44. The van der Waals surface area contributed by atoms with Crippen LogP contribution in [0.2, 0.25) is 0 Å². The van der Waals surface area contributed by atoms with Crippen molar-refractivity contribution in [3.8, 4) is 0 Å². The highest BCUT2D eigenvalue weighted by molar-refractivity contribution is 5.85. The van der Waals surface area contributed by atoms with E-state index in [0.29, 0.717) is 5.92 Å². The lowest BCUT2D eigenvalue weighted by Crippen LogP contribution is -2.19. The Morgan fingerprint density at radius 2 is 1.73 bits per heavy atom. The maximum Gasteiger partial charge on any atom is 0.243 e. The van der Waals surface area contributed by atoms with Crippen LogP contribution in [0.1, 0.15) is 23.5 Å². The minimum absolute atomic E-state index is 0.00165. The van der Waals surface area contributed by atoms with Gasteiger partial charge in [0.1, 0.15) is 0 Å². The van der Waals surface area contributed by atoms with Gasteiger partial charge in [-0.2, -0.15) is 5.10 Å². The van der Waals surface area contributed by atoms with Crippen LogP contribution >= 0.6 is 0 Å². The van der Waals surface area contributed by atoms with Crippen molar-refractivity contribution in [1.82, 2.24) is 5.43 Å². The molecule has 0 spiro atoms. The first kappa shape index (κ1) is 14.3. The molecule has 2 aromatic rings. The van der Waals surface area contributed by atoms with Crippen LogP contribution < -0.4 is 5.43 Å². The highest BCUT2D eigenvalue weighted by Crippen LogP contribution is 2.47. The van der Waals surface area contributed by atoms with E-state index in [2.05, 4.69) is 22.7 Å². The third kappa shape index (κ3) is 3.70. The Labute approximate surface area is 130 Å². The zero-order chi connectivity index (χ0) is 15.2. The summed E-state index contributed by atoms with van der Waals surface area (Å²) in [4.78, 5) is 12.0. The predicted octanol–water partition coefficient (Wildman–Crippen LogP) is 3.61. The molecule has 1 aliphatic rings. The second-order valence-corrected chi connectivity index (χ2v) is 5.38. The van der Waals surface area contributed by atoms with Crippen molar-refractivity contribution in [2.45, 2.75) is 12.3 Å². The molecule has 22 heavy (non-hydrogen) atoms. The lowest BCUT2D eigenvalue weighted by Gasteiger charge is -1.99. The van der Waals surface area contributed by atoms with Crippen LogP contribution in [0, 0.1) is 5.92 Å². The SMILES string of the molecule is O=C(N/N=C/C=C/c1ccccc1)C1CC1c1ccccc1. The number of amides is 1. The molecule has 0 heterocycles. The molecule has 2 aromatic carbocycles. The Balaban J connectivity index is 1.46. The van der Waals surface area contributed by atoms with Gasteiger partial charge in [0.05, 0.1) is 0 Å². The number of hydrogen-bond acceptors (Lipinski definition) is 2. The molecule has 1 N–H and O–H groups in total. The summed E-state index contributed by atoms with van der Waals surface area (Å²) in [7, 11) is 0. The van der Waals surface area contributed by atoms with Crippen molar-refractivity contribution < 1.29 is 4.79 Å². The van der Waals surface area contributed by atoms with Gasteiger partial charge in [-0.3, -0.25) is 4.79 Å². The smallest absolute Gasteiger partial charge is 0.243 e. The average Bonchev–Trinajstić information content (AvgIpc) is 3.37. The van der Waals surface area contributed by atoms with E-state index >= 15 is 0 Å². The minimum atomic E-state index is -0.00165. The number of carbonyl (C=O) groups is 1. The van der Waals surface area contributed by atoms with Crippen LogP contribution in [-0.4, -0.2) is 12.1 Å². The summed E-state index contributed by atoms with van der Waals surface area (Å²) in [6.45, 7) is 0. The van der Waals surface area contributed by atoms with E-state index in [0.717, 1.165) is 12.0 Å². The van der Waals surface area contributed by atoms with Gasteiger partial charge < -0.3 is 0 Å². The van der Waals surface area contributed by atoms with E-state index in [1.54, 1.807) is 6.21 Å². The summed E-state index contributed by atoms with van der Waals surface area (Å²) in [6.07, 6.45) is 6.27. The largest absolute Gasteiger partial charge is 0.273 e. The minimum Gasteiger partial charge on any atom is -0.273 e. The first-order valence-corrected chi connectivity index (χ1v) is 7.44. The third-order valence-corrected chi connectivity index (χ3v) is 3.78. The quantitative estimate of drug-likeness (QED) is 0.663. The summed E-state index contributed by atoms with van der Waals surface area (Å²) < 4.78 is 0. The van der Waals surface area contributed by atoms with Crippen LogP contribution in [0.15, 0.2) is 71.8 Å². The number of rotatable bonds is 5. The Hall–Kier alpha value is -2.68. The van der Waals surface area contributed by atoms with Crippen LogP contribution in [0.4, 0.5) is 0 Å². The van der Waals surface area contributed by atoms with Crippen molar-refractivity contribution in [2.75, 3.05) is 0 Å². The van der Waals surface area contributed by atoms with Gasteiger partial charge in [0.2, 0.25) is 5.91 Å². The molecule has 1 saturated carbocycles. The Morgan fingerprint density at radius 1 is 1.05 bits per heavy atom. The number of hydrogen-bond donors (Lipinski definition) is 1. The molecule has 0 aliphatic heterocycles. The number of carbonyl (C=O) groups excluding carboxylic acids is 1. The monoisotopic (exact) mass is 290 g/mol. The predicted molar refractivity (Wildman–Crippen MR) is 89.4 cm³/mol. The molecule has 3 rings (SSSR count). The maximum absolute atomic E-state index is 12.0. The van der Waals surface area contributed by atoms with E-state index in [4.69, 9.17) is 0 Å². The zero-order valence-electron chi connectivity index (χ0n) is 12.2. The molecule has 1 fully saturated rings. The second kappa shape index (κ2) is 6.85. The molecule has 3 nitrogen and oxygen atoms in total. The van der Waals surface area contributed by atoms with Crippen LogP contribution in [0.3, 0.4) is 0 Å². The van der Waals surface area contributed by atoms with E-state index in [-0.39, 0.29) is 11.8 Å². The van der Waals surface area contributed by atoms with Crippen LogP contribution in [0.25, 0.3) is 6.08 Å². The normalized spacial score (nSPS) is 20.4. The molecule has 0 bridgehead atoms. The third-order valence-electron chi connectivity index (χ3n) is 3.78. The fourth-order valence-electron chi connectivity index (χ4n) is 2.50. The Bertz CT molecular complexity index is 677. The van der Waals surface area contributed by atoms with Crippen LogP contribution in [-0.2, 0) is 4.79 Å². The number of nitrogens with one attached hydrogen (secondary N) is 1. The molecule has 0 radical (unpaired) electrons. The molecule has 2 atom stereocenters. The summed E-state index contributed by atoms with van der Waals surface area (Å²) in [5, 5.41) is 3.96. The molecule has 1 amide bonds. The standard InChI is InChI=1S/C19H18N2O/c22-19(18-14-17(18)16-11-5-2-6-12-16)21-20-13-7-10-15-8-3-1-4-9-15/h1-13,17-18H,14H2,(H,21,22)/b10-7+,20-13+. The topological polar surface area (TPSA) is 41.5 Å². The second-order valence-electron chi connectivity index (χ2n) is 5.38. The van der Waals surface area contributed by atoms with E-state index in [1.807, 2.05) is 60.7 Å². The van der Waals surface area contributed by atoms with Gasteiger partial charge >= 0.3 is 0 Å². The summed E-state index contributed by atoms with van der Waals surface area (Å²) in [6, 6.07) is 20.1. The van der Waals surface area contributed by atoms with Gasteiger partial charge in [0.25, 0.3) is 0 Å². The number of hydrazone groups is 1. The van der Waals surface area contributed by atoms with Crippen molar-refractivity contribution in [3.63, 3.8) is 0 Å². The molecule has 2 unspecified atom stereocenters. The van der Waals surface area contributed by atoms with Gasteiger partial charge in [0, 0.05) is 12.1 Å². The fourth-order valence-corrected chi connectivity index (χ4v) is 2.50.